The second-order valence-electron chi connectivity index (χ2n) is 8.05. The van der Waals surface area contributed by atoms with Gasteiger partial charge in [0.2, 0.25) is 0 Å². The molecular formula is C26H27NO6S. The van der Waals surface area contributed by atoms with E-state index in [9.17, 15) is 18.0 Å². The standard InChI is InChI=1S/C26H27NO6S/c1-17(2)21-13-14-23(27-34(30,31)25-8-6-5-7-22(25)18(3)28)24(15-21)33-16-19-9-11-20(12-10-19)26(29)32-4/h5-15,17,27H,16H2,1-4H3. The van der Waals surface area contributed by atoms with Crippen LogP contribution in [-0.4, -0.2) is 27.3 Å². The van der Waals surface area contributed by atoms with Gasteiger partial charge in [-0.2, -0.15) is 0 Å². The van der Waals surface area contributed by atoms with Crippen molar-refractivity contribution in [2.75, 3.05) is 11.8 Å². The molecule has 3 aromatic carbocycles. The van der Waals surface area contributed by atoms with Crippen LogP contribution in [0.3, 0.4) is 0 Å². The third-order valence-corrected chi connectivity index (χ3v) is 6.67. The van der Waals surface area contributed by atoms with E-state index in [-0.39, 0.29) is 34.5 Å². The molecule has 0 bridgehead atoms. The van der Waals surface area contributed by atoms with E-state index in [0.717, 1.165) is 11.1 Å². The molecule has 1 N–H and O–H groups in total. The molecule has 0 aliphatic carbocycles. The smallest absolute Gasteiger partial charge is 0.337 e. The third kappa shape index (κ3) is 5.82. The van der Waals surface area contributed by atoms with Gasteiger partial charge >= 0.3 is 5.97 Å². The molecule has 0 atom stereocenters. The molecule has 0 amide bonds. The largest absolute Gasteiger partial charge is 0.487 e. The molecule has 0 aliphatic heterocycles. The van der Waals surface area contributed by atoms with Crippen LogP contribution in [0.5, 0.6) is 5.75 Å². The lowest BCUT2D eigenvalue weighted by Gasteiger charge is -2.17. The summed E-state index contributed by atoms with van der Waals surface area (Å²) in [5.41, 5.74) is 2.56. The van der Waals surface area contributed by atoms with Crippen LogP contribution in [0, 0.1) is 0 Å². The van der Waals surface area contributed by atoms with Gasteiger partial charge in [-0.05, 0) is 54.3 Å². The second-order valence-corrected chi connectivity index (χ2v) is 9.70. The number of anilines is 1. The minimum Gasteiger partial charge on any atom is -0.487 e. The van der Waals surface area contributed by atoms with Gasteiger partial charge in [0.1, 0.15) is 12.4 Å². The first-order valence-corrected chi connectivity index (χ1v) is 12.2. The number of Topliss-reactive ketones (excluding diaryl/α,β-unsaturated/α-hetero) is 1. The second kappa shape index (κ2) is 10.5. The number of sulfonamides is 1. The number of hydrogen-bond donors (Lipinski definition) is 1. The summed E-state index contributed by atoms with van der Waals surface area (Å²) in [6.45, 7) is 5.53. The molecule has 0 fully saturated rings. The molecule has 0 spiro atoms. The van der Waals surface area contributed by atoms with Crippen LogP contribution in [0.25, 0.3) is 0 Å². The Labute approximate surface area is 199 Å². The SMILES string of the molecule is COC(=O)c1ccc(COc2cc(C(C)C)ccc2NS(=O)(=O)c2ccccc2C(C)=O)cc1. The van der Waals surface area contributed by atoms with Crippen LogP contribution in [0.15, 0.2) is 71.6 Å². The zero-order valence-electron chi connectivity index (χ0n) is 19.5. The summed E-state index contributed by atoms with van der Waals surface area (Å²) >= 11 is 0. The highest BCUT2D eigenvalue weighted by molar-refractivity contribution is 7.92. The first-order valence-electron chi connectivity index (χ1n) is 10.7. The van der Waals surface area contributed by atoms with Crippen molar-refractivity contribution in [3.8, 4) is 5.75 Å². The average molecular weight is 482 g/mol. The van der Waals surface area contributed by atoms with Crippen molar-refractivity contribution >= 4 is 27.5 Å². The molecule has 3 aromatic rings. The fraction of sp³-hybridized carbons (Fsp3) is 0.231. The normalized spacial score (nSPS) is 11.2. The van der Waals surface area contributed by atoms with E-state index in [0.29, 0.717) is 11.3 Å². The summed E-state index contributed by atoms with van der Waals surface area (Å²) in [5.74, 6) is -0.222. The van der Waals surface area contributed by atoms with Gasteiger partial charge in [0.15, 0.2) is 5.78 Å². The number of hydrogen-bond acceptors (Lipinski definition) is 6. The molecule has 3 rings (SSSR count). The highest BCUT2D eigenvalue weighted by Gasteiger charge is 2.22. The summed E-state index contributed by atoms with van der Waals surface area (Å²) < 4.78 is 39.5. The van der Waals surface area contributed by atoms with Crippen molar-refractivity contribution < 1.29 is 27.5 Å². The van der Waals surface area contributed by atoms with E-state index in [1.807, 2.05) is 19.9 Å². The predicted molar refractivity (Wildman–Crippen MR) is 130 cm³/mol. The number of esters is 1. The molecule has 0 unspecified atom stereocenters. The van der Waals surface area contributed by atoms with Crippen LogP contribution >= 0.6 is 0 Å². The zero-order chi connectivity index (χ0) is 24.9. The van der Waals surface area contributed by atoms with Crippen molar-refractivity contribution in [2.45, 2.75) is 38.2 Å². The lowest BCUT2D eigenvalue weighted by atomic mass is 10.0. The number of ketones is 1. The van der Waals surface area contributed by atoms with E-state index >= 15 is 0 Å². The first-order chi connectivity index (χ1) is 16.1. The Hall–Kier alpha value is -3.65. The molecule has 8 heteroatoms. The molecule has 0 radical (unpaired) electrons. The van der Waals surface area contributed by atoms with E-state index < -0.39 is 16.0 Å². The predicted octanol–water partition coefficient (Wildman–Crippen LogP) is 5.18. The van der Waals surface area contributed by atoms with Crippen LogP contribution in [0.1, 0.15) is 58.5 Å². The Morgan fingerprint density at radius 1 is 0.971 bits per heavy atom. The minimum absolute atomic E-state index is 0.0974. The van der Waals surface area contributed by atoms with Crippen LogP contribution in [-0.2, 0) is 21.4 Å². The van der Waals surface area contributed by atoms with Gasteiger partial charge in [-0.25, -0.2) is 13.2 Å². The molecular weight excluding hydrogens is 454 g/mol. The third-order valence-electron chi connectivity index (χ3n) is 5.24. The molecule has 0 saturated heterocycles. The molecule has 0 heterocycles. The average Bonchev–Trinajstić information content (AvgIpc) is 2.82. The Morgan fingerprint density at radius 2 is 1.65 bits per heavy atom. The number of ether oxygens (including phenoxy) is 2. The van der Waals surface area contributed by atoms with Crippen LogP contribution in [0.4, 0.5) is 5.69 Å². The van der Waals surface area contributed by atoms with Crippen LogP contribution < -0.4 is 9.46 Å². The number of benzene rings is 3. The fourth-order valence-electron chi connectivity index (χ4n) is 3.31. The minimum atomic E-state index is -4.05. The maximum absolute atomic E-state index is 13.1. The highest BCUT2D eigenvalue weighted by Crippen LogP contribution is 2.32. The summed E-state index contributed by atoms with van der Waals surface area (Å²) in [6, 6.07) is 18.1. The van der Waals surface area contributed by atoms with Crippen LogP contribution in [0.2, 0.25) is 0 Å². The van der Waals surface area contributed by atoms with Crippen molar-refractivity contribution in [1.82, 2.24) is 0 Å². The van der Waals surface area contributed by atoms with Gasteiger partial charge in [0.05, 0.1) is 23.3 Å². The summed E-state index contributed by atoms with van der Waals surface area (Å²) in [5, 5.41) is 0. The monoisotopic (exact) mass is 481 g/mol. The van der Waals surface area contributed by atoms with E-state index in [1.165, 1.54) is 26.2 Å². The first kappa shape index (κ1) is 25.0. The van der Waals surface area contributed by atoms with Crippen molar-refractivity contribution in [2.24, 2.45) is 0 Å². The van der Waals surface area contributed by atoms with Gasteiger partial charge in [-0.3, -0.25) is 9.52 Å². The maximum Gasteiger partial charge on any atom is 0.337 e. The quantitative estimate of drug-likeness (QED) is 0.334. The summed E-state index contributed by atoms with van der Waals surface area (Å²) in [6.07, 6.45) is 0. The molecule has 0 aliphatic rings. The molecule has 7 nitrogen and oxygen atoms in total. The Kier molecular flexibility index (Phi) is 7.73. The zero-order valence-corrected chi connectivity index (χ0v) is 20.3. The van der Waals surface area contributed by atoms with E-state index in [4.69, 9.17) is 9.47 Å². The summed E-state index contributed by atoms with van der Waals surface area (Å²) in [7, 11) is -2.73. The van der Waals surface area contributed by atoms with Gasteiger partial charge in [0, 0.05) is 5.56 Å². The van der Waals surface area contributed by atoms with Crippen molar-refractivity contribution in [1.29, 1.82) is 0 Å². The molecule has 0 aromatic heterocycles. The molecule has 0 saturated carbocycles. The number of rotatable bonds is 9. The number of carbonyl (C=O) groups excluding carboxylic acids is 2. The number of methoxy groups -OCH3 is 1. The van der Waals surface area contributed by atoms with E-state index in [2.05, 4.69) is 4.72 Å². The van der Waals surface area contributed by atoms with Gasteiger partial charge in [-0.15, -0.1) is 0 Å². The molecule has 178 valence electrons. The maximum atomic E-state index is 13.1. The number of carbonyl (C=O) groups is 2. The van der Waals surface area contributed by atoms with E-state index in [1.54, 1.807) is 48.5 Å². The Bertz CT molecular complexity index is 1300. The van der Waals surface area contributed by atoms with Crippen molar-refractivity contribution in [3.05, 3.63) is 89.0 Å². The Morgan fingerprint density at radius 3 is 2.26 bits per heavy atom. The molecule has 34 heavy (non-hydrogen) atoms. The number of nitrogens with one attached hydrogen (secondary N) is 1. The summed E-state index contributed by atoms with van der Waals surface area (Å²) in [4.78, 5) is 23.5. The van der Waals surface area contributed by atoms with Gasteiger partial charge < -0.3 is 9.47 Å². The fourth-order valence-corrected chi connectivity index (χ4v) is 4.64. The topological polar surface area (TPSA) is 98.8 Å². The van der Waals surface area contributed by atoms with Gasteiger partial charge in [-0.1, -0.05) is 50.2 Å². The highest BCUT2D eigenvalue weighted by atomic mass is 32.2. The van der Waals surface area contributed by atoms with Crippen molar-refractivity contribution in [3.63, 3.8) is 0 Å². The Balaban J connectivity index is 1.90. The lowest BCUT2D eigenvalue weighted by Crippen LogP contribution is -2.17. The van der Waals surface area contributed by atoms with Gasteiger partial charge in [0.25, 0.3) is 10.0 Å². The lowest BCUT2D eigenvalue weighted by molar-refractivity contribution is 0.0600.